The van der Waals surface area contributed by atoms with E-state index < -0.39 is 0 Å². The zero-order valence-electron chi connectivity index (χ0n) is 12.2. The Balaban J connectivity index is 2.23. The summed E-state index contributed by atoms with van der Waals surface area (Å²) >= 11 is 0. The average Bonchev–Trinajstić information content (AvgIpc) is 2.69. The highest BCUT2D eigenvalue weighted by Crippen LogP contribution is 2.46. The molecule has 0 bridgehead atoms. The van der Waals surface area contributed by atoms with E-state index in [2.05, 4.69) is 40.7 Å². The zero-order valence-corrected chi connectivity index (χ0v) is 12.2. The van der Waals surface area contributed by atoms with Crippen molar-refractivity contribution in [2.24, 2.45) is 23.7 Å². The second-order valence-corrected chi connectivity index (χ2v) is 6.69. The van der Waals surface area contributed by atoms with Crippen molar-refractivity contribution in [3.05, 3.63) is 22.8 Å². The molecule has 0 amide bonds. The van der Waals surface area contributed by atoms with Gasteiger partial charge in [0.2, 0.25) is 0 Å². The Bertz CT molecular complexity index is 341. The van der Waals surface area contributed by atoms with Gasteiger partial charge in [-0.1, -0.05) is 51.8 Å². The number of hydrogen-bond acceptors (Lipinski definition) is 0. The van der Waals surface area contributed by atoms with Crippen LogP contribution in [0.25, 0.3) is 0 Å². The quantitative estimate of drug-likeness (QED) is 0.614. The molecule has 0 saturated heterocycles. The molecule has 96 valence electrons. The van der Waals surface area contributed by atoms with Gasteiger partial charge in [-0.25, -0.2) is 0 Å². The smallest absolute Gasteiger partial charge is 0.00993 e. The van der Waals surface area contributed by atoms with Gasteiger partial charge in [0.05, 0.1) is 0 Å². The Labute approximate surface area is 107 Å². The molecule has 0 spiro atoms. The van der Waals surface area contributed by atoms with E-state index in [0.717, 1.165) is 23.7 Å². The standard InChI is InChI=1S/C17H28/c1-6-13-7-15-9-14(11(2)3)10-16(12(4)5)17(15)8-13/h8,11-12,14,16H,6-7,9-10H2,1-5H3. The molecule has 0 aromatic heterocycles. The average molecular weight is 232 g/mol. The molecule has 0 fully saturated rings. The molecule has 2 rings (SSSR count). The van der Waals surface area contributed by atoms with Crippen LogP contribution in [-0.2, 0) is 0 Å². The Morgan fingerprint density at radius 3 is 2.41 bits per heavy atom. The van der Waals surface area contributed by atoms with Gasteiger partial charge in [-0.05, 0) is 54.9 Å². The van der Waals surface area contributed by atoms with Crippen LogP contribution < -0.4 is 0 Å². The van der Waals surface area contributed by atoms with E-state index in [1.807, 2.05) is 0 Å². The van der Waals surface area contributed by atoms with Gasteiger partial charge in [-0.15, -0.1) is 0 Å². The fourth-order valence-electron chi connectivity index (χ4n) is 3.53. The fourth-order valence-corrected chi connectivity index (χ4v) is 3.53. The summed E-state index contributed by atoms with van der Waals surface area (Å²) in [6.07, 6.45) is 7.86. The third-order valence-electron chi connectivity index (χ3n) is 4.87. The van der Waals surface area contributed by atoms with Crippen LogP contribution in [0.1, 0.15) is 60.3 Å². The molecular weight excluding hydrogens is 204 g/mol. The Morgan fingerprint density at radius 1 is 1.18 bits per heavy atom. The molecule has 2 aliphatic rings. The summed E-state index contributed by atoms with van der Waals surface area (Å²) in [5.41, 5.74) is 5.18. The highest BCUT2D eigenvalue weighted by atomic mass is 14.4. The van der Waals surface area contributed by atoms with Crippen LogP contribution in [0.5, 0.6) is 0 Å². The monoisotopic (exact) mass is 232 g/mol. The lowest BCUT2D eigenvalue weighted by atomic mass is 9.70. The second kappa shape index (κ2) is 5.00. The van der Waals surface area contributed by atoms with Gasteiger partial charge in [0.15, 0.2) is 0 Å². The highest BCUT2D eigenvalue weighted by Gasteiger charge is 2.33. The zero-order chi connectivity index (χ0) is 12.6. The fraction of sp³-hybridized carbons (Fsp3) is 0.765. The van der Waals surface area contributed by atoms with Crippen molar-refractivity contribution in [2.45, 2.75) is 60.3 Å². The van der Waals surface area contributed by atoms with E-state index in [1.165, 1.54) is 25.7 Å². The number of rotatable bonds is 3. The van der Waals surface area contributed by atoms with Gasteiger partial charge < -0.3 is 0 Å². The van der Waals surface area contributed by atoms with Crippen LogP contribution in [0.15, 0.2) is 22.8 Å². The summed E-state index contributed by atoms with van der Waals surface area (Å²) in [7, 11) is 0. The number of hydrogen-bond donors (Lipinski definition) is 0. The molecule has 0 N–H and O–H groups in total. The lowest BCUT2D eigenvalue weighted by Crippen LogP contribution is -2.24. The van der Waals surface area contributed by atoms with E-state index in [1.54, 1.807) is 16.7 Å². The molecule has 17 heavy (non-hydrogen) atoms. The minimum atomic E-state index is 0.800. The molecule has 0 heteroatoms. The summed E-state index contributed by atoms with van der Waals surface area (Å²) in [5.74, 6) is 3.39. The Hall–Kier alpha value is -0.520. The van der Waals surface area contributed by atoms with Crippen LogP contribution in [0, 0.1) is 23.7 Å². The molecule has 2 atom stereocenters. The highest BCUT2D eigenvalue weighted by molar-refractivity contribution is 5.42. The predicted molar refractivity (Wildman–Crippen MR) is 75.9 cm³/mol. The topological polar surface area (TPSA) is 0 Å². The molecule has 0 saturated carbocycles. The summed E-state index contributed by atoms with van der Waals surface area (Å²) in [4.78, 5) is 0. The molecule has 0 aromatic carbocycles. The molecule has 2 unspecified atom stereocenters. The Morgan fingerprint density at radius 2 is 1.88 bits per heavy atom. The first-order chi connectivity index (χ1) is 8.02. The van der Waals surface area contributed by atoms with Crippen molar-refractivity contribution < 1.29 is 0 Å². The van der Waals surface area contributed by atoms with E-state index in [9.17, 15) is 0 Å². The molecule has 0 aromatic rings. The maximum Gasteiger partial charge on any atom is -0.00993 e. The van der Waals surface area contributed by atoms with Gasteiger partial charge >= 0.3 is 0 Å². The third-order valence-corrected chi connectivity index (χ3v) is 4.87. The van der Waals surface area contributed by atoms with Crippen molar-refractivity contribution in [2.75, 3.05) is 0 Å². The molecule has 0 radical (unpaired) electrons. The molecule has 2 aliphatic carbocycles. The van der Waals surface area contributed by atoms with Crippen LogP contribution in [-0.4, -0.2) is 0 Å². The third kappa shape index (κ3) is 2.51. The maximum atomic E-state index is 2.54. The van der Waals surface area contributed by atoms with Crippen molar-refractivity contribution in [3.8, 4) is 0 Å². The lowest BCUT2D eigenvalue weighted by Gasteiger charge is -2.35. The van der Waals surface area contributed by atoms with Gasteiger partial charge in [-0.2, -0.15) is 0 Å². The number of allylic oxidation sites excluding steroid dienone is 4. The molecule has 0 aliphatic heterocycles. The van der Waals surface area contributed by atoms with E-state index in [4.69, 9.17) is 0 Å². The van der Waals surface area contributed by atoms with E-state index in [-0.39, 0.29) is 0 Å². The van der Waals surface area contributed by atoms with Crippen LogP contribution >= 0.6 is 0 Å². The lowest BCUT2D eigenvalue weighted by molar-refractivity contribution is 0.258. The van der Waals surface area contributed by atoms with Crippen LogP contribution in [0.2, 0.25) is 0 Å². The Kier molecular flexibility index (Phi) is 3.80. The van der Waals surface area contributed by atoms with Gasteiger partial charge in [0.1, 0.15) is 0 Å². The van der Waals surface area contributed by atoms with Crippen LogP contribution in [0.3, 0.4) is 0 Å². The van der Waals surface area contributed by atoms with E-state index in [0.29, 0.717) is 0 Å². The van der Waals surface area contributed by atoms with Crippen molar-refractivity contribution in [1.82, 2.24) is 0 Å². The summed E-state index contributed by atoms with van der Waals surface area (Å²) in [6.45, 7) is 11.9. The predicted octanol–water partition coefficient (Wildman–Crippen LogP) is 5.36. The maximum absolute atomic E-state index is 2.54. The van der Waals surface area contributed by atoms with Crippen molar-refractivity contribution >= 4 is 0 Å². The minimum absolute atomic E-state index is 0.800. The molecular formula is C17H28. The first-order valence-electron chi connectivity index (χ1n) is 7.44. The SMILES string of the molecule is CCC1=CC2=C(C1)CC(C(C)C)CC2C(C)C. The van der Waals surface area contributed by atoms with Crippen molar-refractivity contribution in [1.29, 1.82) is 0 Å². The largest absolute Gasteiger partial charge is 0.0661 e. The summed E-state index contributed by atoms with van der Waals surface area (Å²) in [6, 6.07) is 0. The van der Waals surface area contributed by atoms with Gasteiger partial charge in [0.25, 0.3) is 0 Å². The second-order valence-electron chi connectivity index (χ2n) is 6.69. The molecule has 0 nitrogen and oxygen atoms in total. The summed E-state index contributed by atoms with van der Waals surface area (Å²) < 4.78 is 0. The first kappa shape index (κ1) is 12.9. The van der Waals surface area contributed by atoms with Gasteiger partial charge in [0, 0.05) is 0 Å². The molecule has 0 heterocycles. The first-order valence-corrected chi connectivity index (χ1v) is 7.44. The van der Waals surface area contributed by atoms with Crippen molar-refractivity contribution in [3.63, 3.8) is 0 Å². The minimum Gasteiger partial charge on any atom is -0.0661 e. The van der Waals surface area contributed by atoms with Gasteiger partial charge in [-0.3, -0.25) is 0 Å². The summed E-state index contributed by atoms with van der Waals surface area (Å²) in [5, 5.41) is 0. The van der Waals surface area contributed by atoms with Crippen LogP contribution in [0.4, 0.5) is 0 Å². The van der Waals surface area contributed by atoms with E-state index >= 15 is 0 Å². The normalized spacial score (nSPS) is 29.0.